The van der Waals surface area contributed by atoms with Crippen molar-refractivity contribution >= 4 is 22.7 Å². The van der Waals surface area contributed by atoms with Crippen LogP contribution in [0.2, 0.25) is 0 Å². The molecule has 0 aliphatic rings. The lowest BCUT2D eigenvalue weighted by Crippen LogP contribution is -2.46. The van der Waals surface area contributed by atoms with E-state index in [9.17, 15) is 14.4 Å². The molecular formula is C21H23N5O5. The Bertz CT molecular complexity index is 1150. The van der Waals surface area contributed by atoms with Crippen LogP contribution in [-0.2, 0) is 22.7 Å². The fourth-order valence-corrected chi connectivity index (χ4v) is 2.94. The van der Waals surface area contributed by atoms with E-state index in [2.05, 4.69) is 20.6 Å². The molecule has 2 N–H and O–H groups in total. The summed E-state index contributed by atoms with van der Waals surface area (Å²) in [7, 11) is 2.95. The quantitative estimate of drug-likeness (QED) is 0.542. The summed E-state index contributed by atoms with van der Waals surface area (Å²) < 4.78 is 11.6. The number of hydrogen-bond donors (Lipinski definition) is 2. The first-order valence-electron chi connectivity index (χ1n) is 9.51. The molecule has 3 rings (SSSR count). The molecule has 10 nitrogen and oxygen atoms in total. The lowest BCUT2D eigenvalue weighted by molar-refractivity contribution is -0.129. The third-order valence-corrected chi connectivity index (χ3v) is 4.58. The van der Waals surface area contributed by atoms with E-state index in [0.29, 0.717) is 22.7 Å². The first-order chi connectivity index (χ1) is 14.9. The summed E-state index contributed by atoms with van der Waals surface area (Å²) in [6, 6.07) is 7.71. The molecule has 0 fully saturated rings. The van der Waals surface area contributed by atoms with Crippen molar-refractivity contribution < 1.29 is 19.1 Å². The predicted octanol–water partition coefficient (Wildman–Crippen LogP) is 0.630. The van der Waals surface area contributed by atoms with E-state index in [0.717, 1.165) is 0 Å². The number of benzene rings is 1. The van der Waals surface area contributed by atoms with Crippen LogP contribution < -0.4 is 25.7 Å². The van der Waals surface area contributed by atoms with Crippen molar-refractivity contribution in [2.75, 3.05) is 14.2 Å². The van der Waals surface area contributed by atoms with Crippen molar-refractivity contribution in [2.24, 2.45) is 0 Å². The molecule has 0 bridgehead atoms. The summed E-state index contributed by atoms with van der Waals surface area (Å²) in [6.45, 7) is 1.53. The molecule has 1 atom stereocenters. The largest absolute Gasteiger partial charge is 0.493 e. The number of pyridine rings is 1. The molecule has 0 aliphatic carbocycles. The third kappa shape index (κ3) is 5.16. The third-order valence-electron chi connectivity index (χ3n) is 4.58. The van der Waals surface area contributed by atoms with Crippen LogP contribution in [0.25, 0.3) is 10.9 Å². The second-order valence-electron chi connectivity index (χ2n) is 6.73. The number of carbonyl (C=O) groups is 2. The van der Waals surface area contributed by atoms with Gasteiger partial charge >= 0.3 is 0 Å². The van der Waals surface area contributed by atoms with Gasteiger partial charge in [-0.25, -0.2) is 4.98 Å². The van der Waals surface area contributed by atoms with Crippen molar-refractivity contribution in [3.05, 3.63) is 58.9 Å². The van der Waals surface area contributed by atoms with Crippen molar-refractivity contribution in [2.45, 2.75) is 26.1 Å². The van der Waals surface area contributed by atoms with Gasteiger partial charge in [-0.05, 0) is 25.1 Å². The average molecular weight is 425 g/mol. The van der Waals surface area contributed by atoms with Gasteiger partial charge in [-0.15, -0.1) is 0 Å². The van der Waals surface area contributed by atoms with Crippen LogP contribution in [0.1, 0.15) is 12.6 Å². The van der Waals surface area contributed by atoms with E-state index in [-0.39, 0.29) is 24.4 Å². The number of hydrogen-bond acceptors (Lipinski definition) is 7. The highest BCUT2D eigenvalue weighted by atomic mass is 16.5. The summed E-state index contributed by atoms with van der Waals surface area (Å²) in [4.78, 5) is 45.7. The minimum atomic E-state index is -0.787. The van der Waals surface area contributed by atoms with Crippen LogP contribution in [0, 0.1) is 0 Å². The normalized spacial score (nSPS) is 11.6. The van der Waals surface area contributed by atoms with Gasteiger partial charge in [0.15, 0.2) is 11.5 Å². The van der Waals surface area contributed by atoms with Gasteiger partial charge in [0.25, 0.3) is 5.56 Å². The van der Waals surface area contributed by atoms with Crippen LogP contribution in [0.3, 0.4) is 0 Å². The summed E-state index contributed by atoms with van der Waals surface area (Å²) >= 11 is 0. The second kappa shape index (κ2) is 9.70. The zero-order valence-electron chi connectivity index (χ0n) is 17.4. The van der Waals surface area contributed by atoms with Crippen LogP contribution in [0.15, 0.2) is 47.7 Å². The van der Waals surface area contributed by atoms with Gasteiger partial charge in [-0.3, -0.25) is 23.9 Å². The van der Waals surface area contributed by atoms with E-state index >= 15 is 0 Å². The number of aromatic nitrogens is 3. The number of nitrogens with zero attached hydrogens (tertiary/aromatic N) is 3. The van der Waals surface area contributed by atoms with Gasteiger partial charge in [0.2, 0.25) is 11.8 Å². The maximum atomic E-state index is 12.8. The molecule has 3 aromatic rings. The Kier molecular flexibility index (Phi) is 6.81. The standard InChI is InChI=1S/C21H23N5O5/c1-13(20(28)23-10-14-6-4-5-7-22-14)25-19(27)11-26-12-24-16-9-18(31-3)17(30-2)8-15(16)21(26)29/h4-9,12-13H,10-11H2,1-3H3,(H,23,28)(H,25,27). The van der Waals surface area contributed by atoms with Crippen LogP contribution in [0.4, 0.5) is 0 Å². The number of amides is 2. The Morgan fingerprint density at radius 1 is 1.13 bits per heavy atom. The molecule has 31 heavy (non-hydrogen) atoms. The number of carbonyl (C=O) groups excluding carboxylic acids is 2. The minimum absolute atomic E-state index is 0.249. The number of methoxy groups -OCH3 is 2. The van der Waals surface area contributed by atoms with Crippen molar-refractivity contribution in [3.8, 4) is 11.5 Å². The number of fused-ring (bicyclic) bond motifs is 1. The molecule has 0 spiro atoms. The molecule has 10 heteroatoms. The lowest BCUT2D eigenvalue weighted by atomic mass is 10.2. The maximum Gasteiger partial charge on any atom is 0.261 e. The molecule has 2 amide bonds. The highest BCUT2D eigenvalue weighted by Gasteiger charge is 2.17. The molecule has 0 aliphatic heterocycles. The second-order valence-corrected chi connectivity index (χ2v) is 6.73. The van der Waals surface area contributed by atoms with Crippen LogP contribution in [-0.4, -0.2) is 46.6 Å². The molecule has 162 valence electrons. The Labute approximate surface area is 178 Å². The fourth-order valence-electron chi connectivity index (χ4n) is 2.94. The van der Waals surface area contributed by atoms with E-state index in [4.69, 9.17) is 9.47 Å². The zero-order valence-corrected chi connectivity index (χ0v) is 17.4. The van der Waals surface area contributed by atoms with Gasteiger partial charge in [-0.2, -0.15) is 0 Å². The predicted molar refractivity (Wildman–Crippen MR) is 113 cm³/mol. The van der Waals surface area contributed by atoms with Gasteiger partial charge in [-0.1, -0.05) is 6.07 Å². The molecule has 0 radical (unpaired) electrons. The average Bonchev–Trinajstić information content (AvgIpc) is 2.79. The smallest absolute Gasteiger partial charge is 0.261 e. The number of ether oxygens (including phenoxy) is 2. The van der Waals surface area contributed by atoms with Gasteiger partial charge in [0.05, 0.1) is 43.7 Å². The summed E-state index contributed by atoms with van der Waals surface area (Å²) in [6.07, 6.45) is 2.91. The summed E-state index contributed by atoms with van der Waals surface area (Å²) in [5, 5.41) is 5.57. The van der Waals surface area contributed by atoms with E-state index in [1.165, 1.54) is 31.2 Å². The fraction of sp³-hybridized carbons (Fsp3) is 0.286. The molecular weight excluding hydrogens is 402 g/mol. The Balaban J connectivity index is 1.66. The monoisotopic (exact) mass is 425 g/mol. The summed E-state index contributed by atoms with van der Waals surface area (Å²) in [5.41, 5.74) is 0.713. The van der Waals surface area contributed by atoms with E-state index < -0.39 is 17.5 Å². The molecule has 2 heterocycles. The van der Waals surface area contributed by atoms with Crippen molar-refractivity contribution in [1.29, 1.82) is 0 Å². The number of rotatable bonds is 8. The maximum absolute atomic E-state index is 12.8. The van der Waals surface area contributed by atoms with Gasteiger partial charge in [0.1, 0.15) is 12.6 Å². The topological polar surface area (TPSA) is 124 Å². The van der Waals surface area contributed by atoms with Gasteiger partial charge in [0, 0.05) is 12.3 Å². The zero-order chi connectivity index (χ0) is 22.4. The lowest BCUT2D eigenvalue weighted by Gasteiger charge is -2.15. The Morgan fingerprint density at radius 2 is 1.87 bits per heavy atom. The molecule has 1 aromatic carbocycles. The van der Waals surface area contributed by atoms with E-state index in [1.807, 2.05) is 6.07 Å². The first kappa shape index (κ1) is 21.8. The Morgan fingerprint density at radius 3 is 2.55 bits per heavy atom. The molecule has 0 saturated carbocycles. The molecule has 1 unspecified atom stereocenters. The highest BCUT2D eigenvalue weighted by molar-refractivity contribution is 5.87. The van der Waals surface area contributed by atoms with Crippen LogP contribution >= 0.6 is 0 Å². The van der Waals surface area contributed by atoms with E-state index in [1.54, 1.807) is 31.3 Å². The van der Waals surface area contributed by atoms with Crippen molar-refractivity contribution in [3.63, 3.8) is 0 Å². The first-order valence-corrected chi connectivity index (χ1v) is 9.51. The number of nitrogens with one attached hydrogen (secondary N) is 2. The van der Waals surface area contributed by atoms with Gasteiger partial charge < -0.3 is 20.1 Å². The molecule has 0 saturated heterocycles. The molecule has 2 aromatic heterocycles. The summed E-state index contributed by atoms with van der Waals surface area (Å²) in [5.74, 6) is -0.0266. The minimum Gasteiger partial charge on any atom is -0.493 e. The van der Waals surface area contributed by atoms with Crippen LogP contribution in [0.5, 0.6) is 11.5 Å². The Hall–Kier alpha value is -3.95. The SMILES string of the molecule is COc1cc2ncn(CC(=O)NC(C)C(=O)NCc3ccccn3)c(=O)c2cc1OC. The van der Waals surface area contributed by atoms with Crippen molar-refractivity contribution in [1.82, 2.24) is 25.2 Å². The highest BCUT2D eigenvalue weighted by Crippen LogP contribution is 2.29.